The van der Waals surface area contributed by atoms with E-state index in [2.05, 4.69) is 17.5 Å². The minimum absolute atomic E-state index is 0.0703. The number of hydrogen-bond donors (Lipinski definition) is 2. The van der Waals surface area contributed by atoms with Crippen molar-refractivity contribution >= 4 is 23.1 Å². The summed E-state index contributed by atoms with van der Waals surface area (Å²) in [6, 6.07) is 0. The summed E-state index contributed by atoms with van der Waals surface area (Å²) < 4.78 is 5.27. The highest BCUT2D eigenvalue weighted by Crippen LogP contribution is 2.05. The Kier molecular flexibility index (Phi) is 5.64. The van der Waals surface area contributed by atoms with Crippen molar-refractivity contribution in [3.63, 3.8) is 0 Å². The van der Waals surface area contributed by atoms with Gasteiger partial charge < -0.3 is 15.8 Å². The van der Waals surface area contributed by atoms with Gasteiger partial charge in [0.2, 0.25) is 5.91 Å². The van der Waals surface area contributed by atoms with E-state index in [9.17, 15) is 4.79 Å². The summed E-state index contributed by atoms with van der Waals surface area (Å²) >= 11 is 4.67. The standard InChI is InChI=1S/C9H18N2O2S/c1-9(2,3)13-6-8(12)11-5-4-7(10)14/h4-6H2,1-3H3,(H2,10,14)(H,11,12). The summed E-state index contributed by atoms with van der Waals surface area (Å²) in [5.74, 6) is -0.142. The highest BCUT2D eigenvalue weighted by atomic mass is 32.1. The molecule has 14 heavy (non-hydrogen) atoms. The van der Waals surface area contributed by atoms with Crippen LogP contribution in [0.3, 0.4) is 0 Å². The summed E-state index contributed by atoms with van der Waals surface area (Å²) in [5, 5.41) is 2.66. The smallest absolute Gasteiger partial charge is 0.246 e. The van der Waals surface area contributed by atoms with Crippen molar-refractivity contribution < 1.29 is 9.53 Å². The summed E-state index contributed by atoms with van der Waals surface area (Å²) in [6.45, 7) is 6.24. The van der Waals surface area contributed by atoms with Crippen LogP contribution in [0.1, 0.15) is 27.2 Å². The number of carbonyl (C=O) groups is 1. The van der Waals surface area contributed by atoms with E-state index in [0.717, 1.165) is 0 Å². The molecule has 0 aliphatic carbocycles. The minimum Gasteiger partial charge on any atom is -0.393 e. The number of nitrogens with two attached hydrogens (primary N) is 1. The Hall–Kier alpha value is -0.680. The molecule has 1 amide bonds. The first-order valence-corrected chi connectivity index (χ1v) is 4.91. The van der Waals surface area contributed by atoms with Crippen LogP contribution in [0.15, 0.2) is 0 Å². The summed E-state index contributed by atoms with van der Waals surface area (Å²) in [4.78, 5) is 11.6. The molecule has 0 aliphatic heterocycles. The Morgan fingerprint density at radius 3 is 2.50 bits per heavy atom. The number of amides is 1. The van der Waals surface area contributed by atoms with Crippen molar-refractivity contribution in [2.75, 3.05) is 13.2 Å². The van der Waals surface area contributed by atoms with Crippen LogP contribution < -0.4 is 11.1 Å². The monoisotopic (exact) mass is 218 g/mol. The van der Waals surface area contributed by atoms with Crippen LogP contribution in [0.5, 0.6) is 0 Å². The second-order valence-electron chi connectivity index (χ2n) is 3.97. The number of nitrogens with one attached hydrogen (secondary N) is 1. The molecular weight excluding hydrogens is 200 g/mol. The van der Waals surface area contributed by atoms with Gasteiger partial charge in [0, 0.05) is 13.0 Å². The predicted octanol–water partition coefficient (Wildman–Crippen LogP) is 0.594. The SMILES string of the molecule is CC(C)(C)OCC(=O)NCCC(N)=S. The quantitative estimate of drug-likeness (QED) is 0.663. The van der Waals surface area contributed by atoms with Crippen molar-refractivity contribution in [2.45, 2.75) is 32.8 Å². The van der Waals surface area contributed by atoms with E-state index >= 15 is 0 Å². The van der Waals surface area contributed by atoms with Crippen LogP contribution in [0.4, 0.5) is 0 Å². The predicted molar refractivity (Wildman–Crippen MR) is 60.1 cm³/mol. The molecule has 0 bridgehead atoms. The maximum Gasteiger partial charge on any atom is 0.246 e. The number of hydrogen-bond acceptors (Lipinski definition) is 3. The van der Waals surface area contributed by atoms with Gasteiger partial charge >= 0.3 is 0 Å². The normalized spacial score (nSPS) is 11.1. The van der Waals surface area contributed by atoms with Crippen molar-refractivity contribution in [1.29, 1.82) is 0 Å². The third-order valence-electron chi connectivity index (χ3n) is 1.33. The van der Waals surface area contributed by atoms with Crippen molar-refractivity contribution in [3.8, 4) is 0 Å². The largest absolute Gasteiger partial charge is 0.393 e. The van der Waals surface area contributed by atoms with Gasteiger partial charge in [0.15, 0.2) is 0 Å². The minimum atomic E-state index is -0.291. The molecule has 0 unspecified atom stereocenters. The lowest BCUT2D eigenvalue weighted by atomic mass is 10.2. The van der Waals surface area contributed by atoms with Crippen molar-refractivity contribution in [1.82, 2.24) is 5.32 Å². The Labute approximate surface area is 90.2 Å². The van der Waals surface area contributed by atoms with E-state index in [0.29, 0.717) is 18.0 Å². The summed E-state index contributed by atoms with van der Waals surface area (Å²) in [5.41, 5.74) is 4.98. The van der Waals surface area contributed by atoms with Crippen LogP contribution in [-0.2, 0) is 9.53 Å². The highest BCUT2D eigenvalue weighted by molar-refractivity contribution is 7.80. The van der Waals surface area contributed by atoms with Gasteiger partial charge in [-0.15, -0.1) is 0 Å². The first-order valence-electron chi connectivity index (χ1n) is 4.50. The molecule has 0 saturated heterocycles. The van der Waals surface area contributed by atoms with Gasteiger partial charge in [0.1, 0.15) is 6.61 Å². The van der Waals surface area contributed by atoms with E-state index in [1.807, 2.05) is 20.8 Å². The topological polar surface area (TPSA) is 64.3 Å². The van der Waals surface area contributed by atoms with Crippen LogP contribution in [0.2, 0.25) is 0 Å². The molecule has 0 aromatic rings. The van der Waals surface area contributed by atoms with E-state index in [1.54, 1.807) is 0 Å². The Balaban J connectivity index is 3.52. The van der Waals surface area contributed by atoms with E-state index in [4.69, 9.17) is 10.5 Å². The molecule has 0 radical (unpaired) electrons. The second kappa shape index (κ2) is 5.93. The lowest BCUT2D eigenvalue weighted by molar-refractivity contribution is -0.130. The van der Waals surface area contributed by atoms with Crippen LogP contribution in [0.25, 0.3) is 0 Å². The molecule has 0 spiro atoms. The zero-order valence-electron chi connectivity index (χ0n) is 8.92. The van der Waals surface area contributed by atoms with Gasteiger partial charge in [0.05, 0.1) is 10.6 Å². The number of thiocarbonyl (C=S) groups is 1. The molecule has 82 valence electrons. The molecule has 0 saturated carbocycles. The fraction of sp³-hybridized carbons (Fsp3) is 0.778. The van der Waals surface area contributed by atoms with Crippen LogP contribution >= 0.6 is 12.2 Å². The fourth-order valence-corrected chi connectivity index (χ4v) is 0.760. The molecule has 0 aromatic heterocycles. The van der Waals surface area contributed by atoms with Crippen molar-refractivity contribution in [2.24, 2.45) is 5.73 Å². The molecule has 0 aliphatic rings. The zero-order valence-corrected chi connectivity index (χ0v) is 9.74. The summed E-state index contributed by atoms with van der Waals surface area (Å²) in [6.07, 6.45) is 0.524. The maximum absolute atomic E-state index is 11.2. The van der Waals surface area contributed by atoms with Crippen molar-refractivity contribution in [3.05, 3.63) is 0 Å². The van der Waals surface area contributed by atoms with Gasteiger partial charge in [-0.25, -0.2) is 0 Å². The van der Waals surface area contributed by atoms with E-state index in [1.165, 1.54) is 0 Å². The third-order valence-corrected chi connectivity index (χ3v) is 1.53. The van der Waals surface area contributed by atoms with E-state index < -0.39 is 0 Å². The molecule has 5 heteroatoms. The van der Waals surface area contributed by atoms with Crippen LogP contribution in [0, 0.1) is 0 Å². The zero-order chi connectivity index (χ0) is 11.2. The van der Waals surface area contributed by atoms with Crippen LogP contribution in [-0.4, -0.2) is 29.6 Å². The van der Waals surface area contributed by atoms with Gasteiger partial charge in [-0.2, -0.15) is 0 Å². The average molecular weight is 218 g/mol. The second-order valence-corrected chi connectivity index (χ2v) is 4.49. The first-order chi connectivity index (χ1) is 6.31. The molecule has 0 fully saturated rings. The Bertz CT molecular complexity index is 211. The average Bonchev–Trinajstić information content (AvgIpc) is 1.99. The lowest BCUT2D eigenvalue weighted by Gasteiger charge is -2.18. The van der Waals surface area contributed by atoms with Gasteiger partial charge in [0.25, 0.3) is 0 Å². The molecule has 0 rings (SSSR count). The number of carbonyl (C=O) groups excluding carboxylic acids is 1. The lowest BCUT2D eigenvalue weighted by Crippen LogP contribution is -2.33. The van der Waals surface area contributed by atoms with Gasteiger partial charge in [-0.05, 0) is 20.8 Å². The molecule has 4 nitrogen and oxygen atoms in total. The molecular formula is C9H18N2O2S. The maximum atomic E-state index is 11.2. The molecule has 0 atom stereocenters. The molecule has 3 N–H and O–H groups in total. The Morgan fingerprint density at radius 1 is 1.50 bits per heavy atom. The Morgan fingerprint density at radius 2 is 2.07 bits per heavy atom. The number of rotatable bonds is 5. The third kappa shape index (κ3) is 9.41. The van der Waals surface area contributed by atoms with E-state index in [-0.39, 0.29) is 18.1 Å². The number of ether oxygens (including phenoxy) is 1. The fourth-order valence-electron chi connectivity index (χ4n) is 0.658. The molecule has 0 heterocycles. The molecule has 0 aromatic carbocycles. The summed E-state index contributed by atoms with van der Waals surface area (Å²) in [7, 11) is 0. The first kappa shape index (κ1) is 13.3. The van der Waals surface area contributed by atoms with Gasteiger partial charge in [-0.1, -0.05) is 12.2 Å². The highest BCUT2D eigenvalue weighted by Gasteiger charge is 2.12. The van der Waals surface area contributed by atoms with Gasteiger partial charge in [-0.3, -0.25) is 4.79 Å².